The molecule has 0 aliphatic carbocycles. The molecule has 0 amide bonds. The summed E-state index contributed by atoms with van der Waals surface area (Å²) in [7, 11) is 0. The minimum atomic E-state index is 0.709. The van der Waals surface area contributed by atoms with Gasteiger partial charge >= 0.3 is 0 Å². The van der Waals surface area contributed by atoms with Crippen molar-refractivity contribution in [1.29, 1.82) is 0 Å². The summed E-state index contributed by atoms with van der Waals surface area (Å²) in [6.45, 7) is 0.709. The zero-order valence-corrected chi connectivity index (χ0v) is 8.73. The zero-order valence-electron chi connectivity index (χ0n) is 8.73. The number of hydrogen-bond donors (Lipinski definition) is 0. The third-order valence-corrected chi connectivity index (χ3v) is 3.30. The quantitative estimate of drug-likeness (QED) is 0.507. The minimum Gasteiger partial charge on any atom is -0.488 e. The van der Waals surface area contributed by atoms with E-state index in [1.54, 1.807) is 0 Å². The van der Waals surface area contributed by atoms with Gasteiger partial charge in [-0.1, -0.05) is 42.5 Å². The Kier molecular flexibility index (Phi) is 1.41. The number of fused-ring (bicyclic) bond motifs is 2. The fraction of sp³-hybridized carbons (Fsp3) is 0.0667. The molecule has 0 aromatic heterocycles. The SMILES string of the molecule is c1ccc2c3c4c(cccc4cc2c1)CO3. The molecule has 1 heteroatoms. The van der Waals surface area contributed by atoms with E-state index in [-0.39, 0.29) is 0 Å². The summed E-state index contributed by atoms with van der Waals surface area (Å²) in [6.07, 6.45) is 0. The van der Waals surface area contributed by atoms with E-state index in [4.69, 9.17) is 4.74 Å². The molecule has 1 heterocycles. The van der Waals surface area contributed by atoms with Crippen molar-refractivity contribution in [2.45, 2.75) is 6.61 Å². The molecule has 1 aliphatic rings. The molecule has 0 unspecified atom stereocenters. The lowest BCUT2D eigenvalue weighted by molar-refractivity contribution is 0.330. The van der Waals surface area contributed by atoms with Gasteiger partial charge in [0.15, 0.2) is 0 Å². The minimum absolute atomic E-state index is 0.709. The van der Waals surface area contributed by atoms with Gasteiger partial charge in [-0.2, -0.15) is 0 Å². The summed E-state index contributed by atoms with van der Waals surface area (Å²) in [5.41, 5.74) is 1.30. The lowest BCUT2D eigenvalue weighted by Gasteiger charge is -2.05. The second kappa shape index (κ2) is 2.76. The summed E-state index contributed by atoms with van der Waals surface area (Å²) in [4.78, 5) is 0. The van der Waals surface area contributed by atoms with Gasteiger partial charge in [-0.25, -0.2) is 0 Å². The summed E-state index contributed by atoms with van der Waals surface area (Å²) in [6, 6.07) is 17.1. The molecule has 1 aliphatic heterocycles. The predicted octanol–water partition coefficient (Wildman–Crippen LogP) is 3.89. The first kappa shape index (κ1) is 8.17. The van der Waals surface area contributed by atoms with Gasteiger partial charge in [0.25, 0.3) is 0 Å². The Hall–Kier alpha value is -2.02. The molecular formula is C15H10O. The van der Waals surface area contributed by atoms with Crippen molar-refractivity contribution in [3.8, 4) is 5.75 Å². The molecule has 3 aromatic carbocycles. The van der Waals surface area contributed by atoms with Crippen LogP contribution < -0.4 is 4.74 Å². The fourth-order valence-corrected chi connectivity index (χ4v) is 2.57. The van der Waals surface area contributed by atoms with E-state index in [1.165, 1.54) is 27.1 Å². The van der Waals surface area contributed by atoms with Crippen LogP contribution in [0.15, 0.2) is 48.5 Å². The Morgan fingerprint density at radius 1 is 0.875 bits per heavy atom. The standard InChI is InChI=1S/C15H10O/c1-2-7-13-10(4-1)8-11-5-3-6-12-9-16-15(13)14(11)12/h1-8H,9H2. The highest BCUT2D eigenvalue weighted by molar-refractivity contribution is 6.07. The maximum absolute atomic E-state index is 5.83. The van der Waals surface area contributed by atoms with Crippen LogP contribution in [-0.2, 0) is 6.61 Å². The maximum Gasteiger partial charge on any atom is 0.135 e. The Labute approximate surface area is 93.3 Å². The second-order valence-corrected chi connectivity index (χ2v) is 4.23. The van der Waals surface area contributed by atoms with Crippen LogP contribution in [-0.4, -0.2) is 0 Å². The lowest BCUT2D eigenvalue weighted by Crippen LogP contribution is -1.84. The molecule has 0 atom stereocenters. The van der Waals surface area contributed by atoms with E-state index in [2.05, 4.69) is 48.5 Å². The fourth-order valence-electron chi connectivity index (χ4n) is 2.57. The molecule has 0 saturated heterocycles. The molecule has 0 radical (unpaired) electrons. The van der Waals surface area contributed by atoms with Gasteiger partial charge in [0.1, 0.15) is 12.4 Å². The number of ether oxygens (including phenoxy) is 1. The topological polar surface area (TPSA) is 9.23 Å². The molecule has 0 bridgehead atoms. The van der Waals surface area contributed by atoms with Gasteiger partial charge in [0.2, 0.25) is 0 Å². The molecule has 0 saturated carbocycles. The first-order valence-electron chi connectivity index (χ1n) is 5.50. The Morgan fingerprint density at radius 2 is 1.75 bits per heavy atom. The number of rotatable bonds is 0. The number of benzene rings is 3. The smallest absolute Gasteiger partial charge is 0.135 e. The van der Waals surface area contributed by atoms with Crippen molar-refractivity contribution in [2.24, 2.45) is 0 Å². The van der Waals surface area contributed by atoms with E-state index < -0.39 is 0 Å². The Balaban J connectivity index is 2.34. The molecule has 76 valence electrons. The maximum atomic E-state index is 5.83. The molecule has 3 aromatic rings. The highest BCUT2D eigenvalue weighted by atomic mass is 16.5. The van der Waals surface area contributed by atoms with Crippen LogP contribution in [0.5, 0.6) is 5.75 Å². The van der Waals surface area contributed by atoms with Gasteiger partial charge in [-0.3, -0.25) is 0 Å². The largest absolute Gasteiger partial charge is 0.488 e. The Morgan fingerprint density at radius 3 is 2.75 bits per heavy atom. The van der Waals surface area contributed by atoms with Crippen LogP contribution in [0.3, 0.4) is 0 Å². The zero-order chi connectivity index (χ0) is 10.5. The van der Waals surface area contributed by atoms with Crippen molar-refractivity contribution in [3.63, 3.8) is 0 Å². The van der Waals surface area contributed by atoms with Gasteiger partial charge < -0.3 is 4.74 Å². The van der Waals surface area contributed by atoms with Crippen molar-refractivity contribution in [2.75, 3.05) is 0 Å². The summed E-state index contributed by atoms with van der Waals surface area (Å²) in [5.74, 6) is 1.06. The average Bonchev–Trinajstić information content (AvgIpc) is 2.76. The molecule has 16 heavy (non-hydrogen) atoms. The molecular weight excluding hydrogens is 196 g/mol. The third-order valence-electron chi connectivity index (χ3n) is 3.30. The highest BCUT2D eigenvalue weighted by Gasteiger charge is 2.17. The molecule has 1 nitrogen and oxygen atoms in total. The summed E-state index contributed by atoms with van der Waals surface area (Å²) in [5, 5.41) is 5.05. The van der Waals surface area contributed by atoms with Crippen molar-refractivity contribution in [1.82, 2.24) is 0 Å². The predicted molar refractivity (Wildman–Crippen MR) is 65.8 cm³/mol. The monoisotopic (exact) mass is 206 g/mol. The van der Waals surface area contributed by atoms with Gasteiger partial charge in [0.05, 0.1) is 0 Å². The lowest BCUT2D eigenvalue weighted by atomic mass is 10.0. The van der Waals surface area contributed by atoms with Crippen LogP contribution in [0, 0.1) is 0 Å². The molecule has 0 N–H and O–H groups in total. The van der Waals surface area contributed by atoms with Crippen LogP contribution in [0.2, 0.25) is 0 Å². The van der Waals surface area contributed by atoms with Gasteiger partial charge in [-0.05, 0) is 16.8 Å². The first-order chi connectivity index (χ1) is 7.93. The van der Waals surface area contributed by atoms with E-state index in [0.717, 1.165) is 5.75 Å². The van der Waals surface area contributed by atoms with Gasteiger partial charge in [0, 0.05) is 16.3 Å². The summed E-state index contributed by atoms with van der Waals surface area (Å²) >= 11 is 0. The van der Waals surface area contributed by atoms with Crippen molar-refractivity contribution < 1.29 is 4.74 Å². The molecule has 4 rings (SSSR count). The highest BCUT2D eigenvalue weighted by Crippen LogP contribution is 2.41. The van der Waals surface area contributed by atoms with E-state index in [9.17, 15) is 0 Å². The van der Waals surface area contributed by atoms with Crippen LogP contribution in [0.1, 0.15) is 5.56 Å². The van der Waals surface area contributed by atoms with E-state index in [0.29, 0.717) is 6.61 Å². The van der Waals surface area contributed by atoms with Crippen molar-refractivity contribution in [3.05, 3.63) is 54.1 Å². The second-order valence-electron chi connectivity index (χ2n) is 4.23. The van der Waals surface area contributed by atoms with E-state index >= 15 is 0 Å². The Bertz CT molecular complexity index is 713. The van der Waals surface area contributed by atoms with Gasteiger partial charge in [-0.15, -0.1) is 0 Å². The summed E-state index contributed by atoms with van der Waals surface area (Å²) < 4.78 is 5.83. The average molecular weight is 206 g/mol. The normalized spacial score (nSPS) is 13.2. The molecule has 0 fully saturated rings. The van der Waals surface area contributed by atoms with E-state index in [1.807, 2.05) is 0 Å². The van der Waals surface area contributed by atoms with Crippen LogP contribution >= 0.6 is 0 Å². The van der Waals surface area contributed by atoms with Crippen LogP contribution in [0.25, 0.3) is 21.5 Å². The first-order valence-corrected chi connectivity index (χ1v) is 5.50. The van der Waals surface area contributed by atoms with Crippen molar-refractivity contribution >= 4 is 21.5 Å². The van der Waals surface area contributed by atoms with Crippen LogP contribution in [0.4, 0.5) is 0 Å². The number of hydrogen-bond acceptors (Lipinski definition) is 1. The third kappa shape index (κ3) is 0.904. The molecule has 0 spiro atoms.